The number of carbonyl (C=O) groups excluding carboxylic acids is 1. The number of carbonyl (C=O) groups is 1. The first-order valence-electron chi connectivity index (χ1n) is 6.98. The van der Waals surface area contributed by atoms with Crippen LogP contribution in [0.5, 0.6) is 0 Å². The molecule has 17 heavy (non-hydrogen) atoms. The van der Waals surface area contributed by atoms with Crippen LogP contribution in [-0.4, -0.2) is 38.1 Å². The third-order valence-electron chi connectivity index (χ3n) is 4.24. The predicted molar refractivity (Wildman–Crippen MR) is 68.8 cm³/mol. The molecule has 0 spiro atoms. The van der Waals surface area contributed by atoms with Crippen molar-refractivity contribution < 1.29 is 4.79 Å². The number of rotatable bonds is 4. The number of hydrogen-bond donors (Lipinski definition) is 3. The van der Waals surface area contributed by atoms with Crippen molar-refractivity contribution in [1.82, 2.24) is 16.0 Å². The maximum absolute atomic E-state index is 11.3. The van der Waals surface area contributed by atoms with E-state index >= 15 is 0 Å². The minimum Gasteiger partial charge on any atom is -0.358 e. The Morgan fingerprint density at radius 2 is 2.06 bits per heavy atom. The fraction of sp³-hybridized carbons (Fsp3) is 0.923. The molecule has 0 bridgehead atoms. The van der Waals surface area contributed by atoms with Crippen molar-refractivity contribution in [1.29, 1.82) is 0 Å². The number of likely N-dealkylation sites (N-methyl/N-ethyl adjacent to an activating group) is 1. The maximum atomic E-state index is 11.3. The molecule has 1 aliphatic heterocycles. The van der Waals surface area contributed by atoms with Crippen molar-refractivity contribution in [3.05, 3.63) is 0 Å². The van der Waals surface area contributed by atoms with E-state index < -0.39 is 0 Å². The van der Waals surface area contributed by atoms with Crippen LogP contribution >= 0.6 is 0 Å². The zero-order valence-electron chi connectivity index (χ0n) is 10.8. The van der Waals surface area contributed by atoms with Crippen LogP contribution in [-0.2, 0) is 4.79 Å². The number of hydrogen-bond acceptors (Lipinski definition) is 3. The topological polar surface area (TPSA) is 53.2 Å². The van der Waals surface area contributed by atoms with Gasteiger partial charge >= 0.3 is 0 Å². The molecule has 3 atom stereocenters. The van der Waals surface area contributed by atoms with Crippen LogP contribution in [0.2, 0.25) is 0 Å². The molecule has 1 saturated heterocycles. The highest BCUT2D eigenvalue weighted by Gasteiger charge is 2.32. The van der Waals surface area contributed by atoms with Gasteiger partial charge in [0, 0.05) is 19.1 Å². The summed E-state index contributed by atoms with van der Waals surface area (Å²) in [6, 6.07) is 1.20. The molecule has 2 fully saturated rings. The molecule has 2 aliphatic rings. The summed E-state index contributed by atoms with van der Waals surface area (Å²) in [5.41, 5.74) is 0. The smallest absolute Gasteiger partial charge is 0.233 e. The van der Waals surface area contributed by atoms with Gasteiger partial charge in [0.1, 0.15) is 0 Å². The van der Waals surface area contributed by atoms with E-state index in [4.69, 9.17) is 0 Å². The molecule has 1 aliphatic carbocycles. The summed E-state index contributed by atoms with van der Waals surface area (Å²) in [5, 5.41) is 9.74. The third-order valence-corrected chi connectivity index (χ3v) is 4.24. The van der Waals surface area contributed by atoms with Crippen molar-refractivity contribution in [2.45, 2.75) is 50.6 Å². The molecule has 1 saturated carbocycles. The first kappa shape index (κ1) is 12.8. The Bertz CT molecular complexity index is 251. The van der Waals surface area contributed by atoms with Crippen LogP contribution in [0.3, 0.4) is 0 Å². The SMILES string of the molecule is CNC(=O)CNC1CCCCC1C1CCCN1. The predicted octanol–water partition coefficient (Wildman–Crippen LogP) is 0.633. The summed E-state index contributed by atoms with van der Waals surface area (Å²) in [7, 11) is 1.70. The lowest BCUT2D eigenvalue weighted by molar-refractivity contribution is -0.120. The molecule has 1 heterocycles. The number of nitrogens with one attached hydrogen (secondary N) is 3. The fourth-order valence-electron chi connectivity index (χ4n) is 3.28. The van der Waals surface area contributed by atoms with Crippen molar-refractivity contribution in [3.63, 3.8) is 0 Å². The van der Waals surface area contributed by atoms with E-state index in [9.17, 15) is 4.79 Å². The zero-order valence-corrected chi connectivity index (χ0v) is 10.8. The quantitative estimate of drug-likeness (QED) is 0.674. The summed E-state index contributed by atoms with van der Waals surface area (Å²) in [6.45, 7) is 1.63. The fourth-order valence-corrected chi connectivity index (χ4v) is 3.28. The Balaban J connectivity index is 1.85. The Morgan fingerprint density at radius 1 is 1.24 bits per heavy atom. The minimum absolute atomic E-state index is 0.0914. The second-order valence-electron chi connectivity index (χ2n) is 5.31. The highest BCUT2D eigenvalue weighted by molar-refractivity contribution is 5.77. The van der Waals surface area contributed by atoms with E-state index in [2.05, 4.69) is 16.0 Å². The molecule has 0 aromatic rings. The summed E-state index contributed by atoms with van der Waals surface area (Å²) < 4.78 is 0. The van der Waals surface area contributed by atoms with Gasteiger partial charge in [-0.15, -0.1) is 0 Å². The molecule has 2 rings (SSSR count). The van der Waals surface area contributed by atoms with E-state index in [1.165, 1.54) is 45.1 Å². The van der Waals surface area contributed by atoms with Crippen LogP contribution in [0.15, 0.2) is 0 Å². The molecule has 0 aromatic heterocycles. The van der Waals surface area contributed by atoms with E-state index in [1.807, 2.05) is 0 Å². The van der Waals surface area contributed by atoms with Gasteiger partial charge < -0.3 is 16.0 Å². The van der Waals surface area contributed by atoms with Gasteiger partial charge in [-0.2, -0.15) is 0 Å². The molecule has 1 amide bonds. The van der Waals surface area contributed by atoms with Gasteiger partial charge in [-0.3, -0.25) is 4.79 Å². The molecular formula is C13H25N3O. The first-order chi connectivity index (χ1) is 8.31. The largest absolute Gasteiger partial charge is 0.358 e. The average Bonchev–Trinajstić information content (AvgIpc) is 2.90. The van der Waals surface area contributed by atoms with Crippen molar-refractivity contribution in [3.8, 4) is 0 Å². The lowest BCUT2D eigenvalue weighted by Gasteiger charge is -2.36. The molecule has 4 nitrogen and oxygen atoms in total. The van der Waals surface area contributed by atoms with Gasteiger partial charge in [-0.05, 0) is 38.1 Å². The van der Waals surface area contributed by atoms with Gasteiger partial charge in [0.05, 0.1) is 6.54 Å². The Morgan fingerprint density at radius 3 is 2.76 bits per heavy atom. The second kappa shape index (κ2) is 6.36. The van der Waals surface area contributed by atoms with E-state index in [1.54, 1.807) is 7.05 Å². The number of amides is 1. The first-order valence-corrected chi connectivity index (χ1v) is 6.98. The maximum Gasteiger partial charge on any atom is 0.233 e. The van der Waals surface area contributed by atoms with Crippen LogP contribution in [0.4, 0.5) is 0 Å². The van der Waals surface area contributed by atoms with Crippen molar-refractivity contribution in [2.75, 3.05) is 20.1 Å². The van der Waals surface area contributed by atoms with Crippen molar-refractivity contribution in [2.24, 2.45) is 5.92 Å². The summed E-state index contributed by atoms with van der Waals surface area (Å²) >= 11 is 0. The molecule has 4 heteroatoms. The Labute approximate surface area is 104 Å². The van der Waals surface area contributed by atoms with Gasteiger partial charge in [0.15, 0.2) is 0 Å². The van der Waals surface area contributed by atoms with Gasteiger partial charge in [-0.25, -0.2) is 0 Å². The molecular weight excluding hydrogens is 214 g/mol. The van der Waals surface area contributed by atoms with Crippen LogP contribution in [0.25, 0.3) is 0 Å². The molecule has 0 radical (unpaired) electrons. The Kier molecular flexibility index (Phi) is 4.80. The standard InChI is InChI=1S/C13H25N3O/c1-14-13(17)9-16-12-6-3-2-5-10(12)11-7-4-8-15-11/h10-12,15-16H,2-9H2,1H3,(H,14,17). The zero-order chi connectivity index (χ0) is 12.1. The monoisotopic (exact) mass is 239 g/mol. The summed E-state index contributed by atoms with van der Waals surface area (Å²) in [6.07, 6.45) is 7.80. The van der Waals surface area contributed by atoms with Gasteiger partial charge in [0.2, 0.25) is 5.91 Å². The van der Waals surface area contributed by atoms with Gasteiger partial charge in [0.25, 0.3) is 0 Å². The van der Waals surface area contributed by atoms with Gasteiger partial charge in [-0.1, -0.05) is 12.8 Å². The summed E-state index contributed by atoms with van der Waals surface area (Å²) in [5.74, 6) is 0.810. The molecule has 0 aromatic carbocycles. The molecule has 3 unspecified atom stereocenters. The lowest BCUT2D eigenvalue weighted by Crippen LogP contribution is -2.49. The highest BCUT2D eigenvalue weighted by Crippen LogP contribution is 2.30. The average molecular weight is 239 g/mol. The normalized spacial score (nSPS) is 33.6. The molecule has 3 N–H and O–H groups in total. The summed E-state index contributed by atoms with van der Waals surface area (Å²) in [4.78, 5) is 11.3. The second-order valence-corrected chi connectivity index (χ2v) is 5.31. The van der Waals surface area contributed by atoms with Crippen LogP contribution in [0.1, 0.15) is 38.5 Å². The Hall–Kier alpha value is -0.610. The third kappa shape index (κ3) is 3.42. The minimum atomic E-state index is 0.0914. The van der Waals surface area contributed by atoms with E-state index in [0.717, 1.165) is 5.92 Å². The van der Waals surface area contributed by atoms with E-state index in [-0.39, 0.29) is 5.91 Å². The van der Waals surface area contributed by atoms with Crippen LogP contribution < -0.4 is 16.0 Å². The van der Waals surface area contributed by atoms with Crippen LogP contribution in [0, 0.1) is 5.92 Å². The highest BCUT2D eigenvalue weighted by atomic mass is 16.1. The van der Waals surface area contributed by atoms with E-state index in [0.29, 0.717) is 18.6 Å². The molecule has 98 valence electrons. The van der Waals surface area contributed by atoms with Crippen molar-refractivity contribution >= 4 is 5.91 Å². The lowest BCUT2D eigenvalue weighted by atomic mass is 9.79.